The van der Waals surface area contributed by atoms with Crippen molar-refractivity contribution in [2.45, 2.75) is 66.2 Å². The Morgan fingerprint density at radius 2 is 1.91 bits per heavy atom. The zero-order valence-electron chi connectivity index (χ0n) is 19.9. The molecule has 2 heterocycles. The Morgan fingerprint density at radius 3 is 2.45 bits per heavy atom. The van der Waals surface area contributed by atoms with Gasteiger partial charge in [0.2, 0.25) is 11.8 Å². The molecule has 1 aromatic carbocycles. The van der Waals surface area contributed by atoms with Crippen LogP contribution in [0.15, 0.2) is 29.8 Å². The van der Waals surface area contributed by atoms with E-state index in [0.717, 1.165) is 21.7 Å². The SMILES string of the molecule is CC(=O)C[C@H](C(=O)N1C[C@H](O)C[C@H]1C(=O)NCc1ccc(-c2scnc2C)cc1)C(C)(C)C. The highest BCUT2D eigenvalue weighted by molar-refractivity contribution is 7.13. The van der Waals surface area contributed by atoms with Crippen molar-refractivity contribution in [3.05, 3.63) is 41.0 Å². The second-order valence-corrected chi connectivity index (χ2v) is 10.8. The summed E-state index contributed by atoms with van der Waals surface area (Å²) in [7, 11) is 0. The molecule has 178 valence electrons. The number of Topliss-reactive ketones (excluding diaryl/α,β-unsaturated/α-hetero) is 1. The molecule has 0 radical (unpaired) electrons. The van der Waals surface area contributed by atoms with Crippen molar-refractivity contribution in [1.29, 1.82) is 0 Å². The predicted octanol–water partition coefficient (Wildman–Crippen LogP) is 3.34. The van der Waals surface area contributed by atoms with E-state index in [1.165, 1.54) is 11.8 Å². The summed E-state index contributed by atoms with van der Waals surface area (Å²) in [5, 5.41) is 13.1. The summed E-state index contributed by atoms with van der Waals surface area (Å²) < 4.78 is 0. The van der Waals surface area contributed by atoms with Crippen LogP contribution in [-0.4, -0.2) is 51.3 Å². The second kappa shape index (κ2) is 10.1. The first kappa shape index (κ1) is 25.1. The molecule has 33 heavy (non-hydrogen) atoms. The minimum atomic E-state index is -0.760. The van der Waals surface area contributed by atoms with E-state index in [9.17, 15) is 19.5 Å². The average Bonchev–Trinajstić information content (AvgIpc) is 3.35. The molecule has 0 bridgehead atoms. The molecule has 1 aliphatic rings. The number of nitrogens with zero attached hydrogens (tertiary/aromatic N) is 2. The molecule has 1 saturated heterocycles. The van der Waals surface area contributed by atoms with E-state index in [2.05, 4.69) is 10.3 Å². The van der Waals surface area contributed by atoms with E-state index < -0.39 is 23.5 Å². The molecule has 3 rings (SSSR count). The summed E-state index contributed by atoms with van der Waals surface area (Å²) in [6.45, 7) is 9.61. The first-order valence-electron chi connectivity index (χ1n) is 11.2. The minimum Gasteiger partial charge on any atom is -0.391 e. The smallest absolute Gasteiger partial charge is 0.243 e. The summed E-state index contributed by atoms with van der Waals surface area (Å²) in [4.78, 5) is 44.9. The Kier molecular flexibility index (Phi) is 7.69. The number of hydrogen-bond acceptors (Lipinski definition) is 6. The number of aliphatic hydroxyl groups is 1. The van der Waals surface area contributed by atoms with Crippen LogP contribution < -0.4 is 5.32 Å². The van der Waals surface area contributed by atoms with Gasteiger partial charge < -0.3 is 20.1 Å². The number of ketones is 1. The number of carbonyl (C=O) groups is 3. The van der Waals surface area contributed by atoms with Gasteiger partial charge in [-0.15, -0.1) is 11.3 Å². The number of β-amino-alcohol motifs (C(OH)–C–C–N with tert-alkyl or cyclic N) is 1. The lowest BCUT2D eigenvalue weighted by atomic mass is 9.77. The van der Waals surface area contributed by atoms with Crippen LogP contribution in [-0.2, 0) is 20.9 Å². The number of nitrogens with one attached hydrogen (secondary N) is 1. The van der Waals surface area contributed by atoms with E-state index in [0.29, 0.717) is 6.54 Å². The van der Waals surface area contributed by atoms with Gasteiger partial charge in [0, 0.05) is 31.8 Å². The van der Waals surface area contributed by atoms with Gasteiger partial charge in [-0.1, -0.05) is 45.0 Å². The molecule has 0 aliphatic carbocycles. The maximum atomic E-state index is 13.3. The van der Waals surface area contributed by atoms with Gasteiger partial charge in [0.1, 0.15) is 11.8 Å². The lowest BCUT2D eigenvalue weighted by Crippen LogP contribution is -2.50. The standard InChI is InChI=1S/C25H33N3O4S/c1-15(29)10-20(25(3,4)5)24(32)28-13-19(30)11-21(28)23(31)26-12-17-6-8-18(9-7-17)22-16(2)27-14-33-22/h6-9,14,19-21,30H,10-13H2,1-5H3,(H,26,31)/t19-,20-,21+/m1/s1. The van der Waals surface area contributed by atoms with E-state index in [1.54, 1.807) is 11.3 Å². The molecular weight excluding hydrogens is 438 g/mol. The van der Waals surface area contributed by atoms with E-state index in [-0.39, 0.29) is 37.0 Å². The van der Waals surface area contributed by atoms with Crippen molar-refractivity contribution in [1.82, 2.24) is 15.2 Å². The van der Waals surface area contributed by atoms with Crippen molar-refractivity contribution in [2.75, 3.05) is 6.54 Å². The van der Waals surface area contributed by atoms with Crippen LogP contribution in [0.1, 0.15) is 51.8 Å². The lowest BCUT2D eigenvalue weighted by Gasteiger charge is -2.34. The quantitative estimate of drug-likeness (QED) is 0.645. The van der Waals surface area contributed by atoms with Crippen LogP contribution in [0.25, 0.3) is 10.4 Å². The van der Waals surface area contributed by atoms with Crippen LogP contribution >= 0.6 is 11.3 Å². The Balaban J connectivity index is 1.67. The van der Waals surface area contributed by atoms with Crippen molar-refractivity contribution >= 4 is 28.9 Å². The number of aromatic nitrogens is 1. The number of aryl methyl sites for hydroxylation is 1. The molecule has 0 spiro atoms. The first-order chi connectivity index (χ1) is 15.5. The molecule has 2 aromatic rings. The van der Waals surface area contributed by atoms with Gasteiger partial charge in [-0.25, -0.2) is 4.98 Å². The Labute approximate surface area is 199 Å². The number of thiazole rings is 1. The molecule has 2 N–H and O–H groups in total. The number of benzene rings is 1. The summed E-state index contributed by atoms with van der Waals surface area (Å²) in [5.74, 6) is -1.16. The molecule has 0 saturated carbocycles. The van der Waals surface area contributed by atoms with Crippen molar-refractivity contribution in [3.8, 4) is 10.4 Å². The summed E-state index contributed by atoms with van der Waals surface area (Å²) in [6.07, 6.45) is -0.447. The number of aliphatic hydroxyl groups excluding tert-OH is 1. The third-order valence-electron chi connectivity index (χ3n) is 6.13. The van der Waals surface area contributed by atoms with Crippen LogP contribution in [0.2, 0.25) is 0 Å². The fraction of sp³-hybridized carbons (Fsp3) is 0.520. The van der Waals surface area contributed by atoms with Crippen molar-refractivity contribution in [2.24, 2.45) is 11.3 Å². The Hall–Kier alpha value is -2.58. The van der Waals surface area contributed by atoms with Gasteiger partial charge in [-0.3, -0.25) is 9.59 Å². The van der Waals surface area contributed by atoms with Gasteiger partial charge >= 0.3 is 0 Å². The minimum absolute atomic E-state index is 0.0685. The molecule has 1 fully saturated rings. The Bertz CT molecular complexity index is 1010. The van der Waals surface area contributed by atoms with Gasteiger partial charge in [0.05, 0.1) is 22.2 Å². The second-order valence-electron chi connectivity index (χ2n) is 9.90. The molecule has 2 amide bonds. The zero-order chi connectivity index (χ0) is 24.3. The fourth-order valence-corrected chi connectivity index (χ4v) is 5.03. The molecule has 1 aliphatic heterocycles. The van der Waals surface area contributed by atoms with Gasteiger partial charge in [0.25, 0.3) is 0 Å². The molecule has 0 unspecified atom stereocenters. The fourth-order valence-electron chi connectivity index (χ4n) is 4.22. The molecule has 3 atom stereocenters. The molecule has 8 heteroatoms. The highest BCUT2D eigenvalue weighted by Crippen LogP contribution is 2.33. The van der Waals surface area contributed by atoms with Gasteiger partial charge in [-0.05, 0) is 30.4 Å². The topological polar surface area (TPSA) is 99.6 Å². The normalized spacial score (nSPS) is 19.4. The number of hydrogen-bond donors (Lipinski definition) is 2. The number of carbonyl (C=O) groups excluding carboxylic acids is 3. The first-order valence-corrected chi connectivity index (χ1v) is 12.1. The summed E-state index contributed by atoms with van der Waals surface area (Å²) >= 11 is 1.59. The highest BCUT2D eigenvalue weighted by Gasteiger charge is 2.44. The monoisotopic (exact) mass is 471 g/mol. The highest BCUT2D eigenvalue weighted by atomic mass is 32.1. The van der Waals surface area contributed by atoms with Crippen LogP contribution in [0.3, 0.4) is 0 Å². The van der Waals surface area contributed by atoms with E-state index >= 15 is 0 Å². The zero-order valence-corrected chi connectivity index (χ0v) is 20.7. The summed E-state index contributed by atoms with van der Waals surface area (Å²) in [5.41, 5.74) is 4.40. The largest absolute Gasteiger partial charge is 0.391 e. The molecule has 1 aromatic heterocycles. The van der Waals surface area contributed by atoms with Gasteiger partial charge in [-0.2, -0.15) is 0 Å². The van der Waals surface area contributed by atoms with Crippen molar-refractivity contribution < 1.29 is 19.5 Å². The number of rotatable bonds is 7. The maximum absolute atomic E-state index is 13.3. The number of amides is 2. The third kappa shape index (κ3) is 6.06. The summed E-state index contributed by atoms with van der Waals surface area (Å²) in [6, 6.07) is 7.19. The van der Waals surface area contributed by atoms with Crippen LogP contribution in [0.4, 0.5) is 0 Å². The number of likely N-dealkylation sites (tertiary alicyclic amines) is 1. The molecule has 7 nitrogen and oxygen atoms in total. The van der Waals surface area contributed by atoms with Crippen LogP contribution in [0.5, 0.6) is 0 Å². The van der Waals surface area contributed by atoms with E-state index in [1.807, 2.05) is 57.5 Å². The maximum Gasteiger partial charge on any atom is 0.243 e. The van der Waals surface area contributed by atoms with Crippen molar-refractivity contribution in [3.63, 3.8) is 0 Å². The predicted molar refractivity (Wildman–Crippen MR) is 129 cm³/mol. The van der Waals surface area contributed by atoms with E-state index in [4.69, 9.17) is 0 Å². The Morgan fingerprint density at radius 1 is 1.24 bits per heavy atom. The molecular formula is C25H33N3O4S. The van der Waals surface area contributed by atoms with Crippen LogP contribution in [0, 0.1) is 18.3 Å². The lowest BCUT2D eigenvalue weighted by molar-refractivity contribution is -0.146. The third-order valence-corrected chi connectivity index (χ3v) is 7.11. The van der Waals surface area contributed by atoms with Gasteiger partial charge in [0.15, 0.2) is 0 Å². The average molecular weight is 472 g/mol.